The first kappa shape index (κ1) is 25.8. The summed E-state index contributed by atoms with van der Waals surface area (Å²) in [4.78, 5) is 14.9. The number of rotatable bonds is 2. The Bertz CT molecular complexity index is 2200. The second kappa shape index (κ2) is 12.1. The second-order valence-corrected chi connectivity index (χ2v) is 12.1. The van der Waals surface area contributed by atoms with Gasteiger partial charge in [0.2, 0.25) is 5.71 Å². The molecule has 4 nitrogen and oxygen atoms in total. The zero-order valence-electron chi connectivity index (χ0n) is 27.2. The van der Waals surface area contributed by atoms with Crippen molar-refractivity contribution < 1.29 is 28.6 Å². The number of nitrogens with zero attached hydrogens (tertiary/aromatic N) is 3. The number of thiophene rings is 1. The minimum atomic E-state index is -2.27. The molecule has 43 heavy (non-hydrogen) atoms. The fourth-order valence-corrected chi connectivity index (χ4v) is 6.84. The van der Waals surface area contributed by atoms with Gasteiger partial charge in [-0.3, -0.25) is 0 Å². The van der Waals surface area contributed by atoms with Gasteiger partial charge in [0, 0.05) is 62.7 Å². The summed E-state index contributed by atoms with van der Waals surface area (Å²) in [6, 6.07) is 24.0. The van der Waals surface area contributed by atoms with E-state index in [1.807, 2.05) is 41.9 Å². The van der Waals surface area contributed by atoms with Crippen molar-refractivity contribution in [2.45, 2.75) is 53.3 Å². The van der Waals surface area contributed by atoms with Crippen LogP contribution in [0.4, 0.5) is 0 Å². The van der Waals surface area contributed by atoms with Gasteiger partial charge in [0.25, 0.3) is 0 Å². The van der Waals surface area contributed by atoms with E-state index in [2.05, 4.69) is 67.1 Å². The van der Waals surface area contributed by atoms with Crippen molar-refractivity contribution in [3.05, 3.63) is 112 Å². The third-order valence-electron chi connectivity index (χ3n) is 8.01. The number of furan rings is 1. The number of fused-ring (bicyclic) bond motifs is 6. The van der Waals surface area contributed by atoms with Gasteiger partial charge in [-0.15, -0.1) is 64.9 Å². The maximum Gasteiger partial charge on any atom is 0.216 e. The predicted molar refractivity (Wildman–Crippen MR) is 173 cm³/mol. The third-order valence-corrected chi connectivity index (χ3v) is 9.27. The average Bonchev–Trinajstić information content (AvgIpc) is 3.60. The van der Waals surface area contributed by atoms with Gasteiger partial charge in [-0.2, -0.15) is 0 Å². The van der Waals surface area contributed by atoms with Gasteiger partial charge in [0.15, 0.2) is 0 Å². The third kappa shape index (κ3) is 5.68. The molecule has 0 aliphatic heterocycles. The molecule has 0 fully saturated rings. The molecule has 1 radical (unpaired) electrons. The van der Waals surface area contributed by atoms with E-state index in [0.29, 0.717) is 11.3 Å². The summed E-state index contributed by atoms with van der Waals surface area (Å²) >= 11 is 1.86. The van der Waals surface area contributed by atoms with Crippen LogP contribution in [0.5, 0.6) is 0 Å². The number of aryl methyl sites for hydroxylation is 6. The maximum absolute atomic E-state index is 7.61. The molecule has 5 aromatic heterocycles. The van der Waals surface area contributed by atoms with Crippen LogP contribution in [0.3, 0.4) is 0 Å². The Morgan fingerprint density at radius 1 is 0.860 bits per heavy atom. The van der Waals surface area contributed by atoms with Crippen molar-refractivity contribution >= 4 is 43.5 Å². The summed E-state index contributed by atoms with van der Waals surface area (Å²) in [7, 11) is 0. The summed E-state index contributed by atoms with van der Waals surface area (Å²) in [6.45, 7) is 3.97. The molecule has 5 heterocycles. The monoisotopic (exact) mass is 761 g/mol. The predicted octanol–water partition coefficient (Wildman–Crippen LogP) is 9.72. The summed E-state index contributed by atoms with van der Waals surface area (Å²) < 4.78 is 30.1. The summed E-state index contributed by atoms with van der Waals surface area (Å²) in [6.07, 6.45) is 8.70. The van der Waals surface area contributed by atoms with Gasteiger partial charge in [-0.05, 0) is 81.0 Å². The first-order valence-corrected chi connectivity index (χ1v) is 15.0. The molecule has 6 heteroatoms. The van der Waals surface area contributed by atoms with E-state index < -0.39 is 6.85 Å². The molecule has 8 rings (SSSR count). The van der Waals surface area contributed by atoms with E-state index in [-0.39, 0.29) is 25.8 Å². The SMILES string of the molecule is Cc1c[c-]c(-c2cc(C)c(C)cn2)cc1.[2H]C([2H])([2H])c1ccc2c(n1)oc1c(-c3cc4sc5c(c4cn3)CCCC5)[c-]ccc12.[Ir]. The van der Waals surface area contributed by atoms with Crippen LogP contribution in [0.2, 0.25) is 0 Å². The molecule has 0 saturated carbocycles. The standard InChI is InChI=1S/C23H17N2OS.C14H14N.Ir/c1-13-9-10-16-15-6-4-7-17(22(15)26-23(16)25-13)19-11-21-18(12-24-19)14-5-2-3-8-20(14)27-21;1-10-4-6-13(7-5-10)14-8-11(2)12(3)9-15-14;/h4,6,9-12H,2-3,5,8H2,1H3;4-6,8-9H,1-3H3;/q2*-1;/i1D3;;. The average molecular weight is 761 g/mol. The molecule has 1 aliphatic carbocycles. The first-order valence-electron chi connectivity index (χ1n) is 15.7. The number of aromatic nitrogens is 3. The molecular formula is C37H31IrN3OS-2. The van der Waals surface area contributed by atoms with Crippen LogP contribution in [0.15, 0.2) is 71.4 Å². The normalized spacial score (nSPS) is 13.9. The summed E-state index contributed by atoms with van der Waals surface area (Å²) in [5, 5.41) is 2.94. The van der Waals surface area contributed by atoms with Crippen molar-refractivity contribution in [2.24, 2.45) is 0 Å². The molecule has 0 unspecified atom stereocenters. The van der Waals surface area contributed by atoms with Crippen molar-refractivity contribution in [1.29, 1.82) is 0 Å². The zero-order chi connectivity index (χ0) is 31.3. The molecule has 217 valence electrons. The maximum atomic E-state index is 7.61. The van der Waals surface area contributed by atoms with E-state index in [4.69, 9.17) is 13.5 Å². The number of hydrogen-bond donors (Lipinski definition) is 0. The molecular weight excluding hydrogens is 727 g/mol. The van der Waals surface area contributed by atoms with E-state index in [1.165, 1.54) is 50.1 Å². The summed E-state index contributed by atoms with van der Waals surface area (Å²) in [5.41, 5.74) is 9.82. The van der Waals surface area contributed by atoms with Crippen LogP contribution in [-0.4, -0.2) is 15.0 Å². The van der Waals surface area contributed by atoms with Crippen molar-refractivity contribution in [3.63, 3.8) is 0 Å². The van der Waals surface area contributed by atoms with Gasteiger partial charge < -0.3 is 14.4 Å². The van der Waals surface area contributed by atoms with Gasteiger partial charge in [0.05, 0.1) is 5.58 Å². The quantitative estimate of drug-likeness (QED) is 0.165. The van der Waals surface area contributed by atoms with E-state index >= 15 is 0 Å². The van der Waals surface area contributed by atoms with Crippen LogP contribution in [-0.2, 0) is 32.9 Å². The van der Waals surface area contributed by atoms with Gasteiger partial charge >= 0.3 is 0 Å². The van der Waals surface area contributed by atoms with Crippen LogP contribution in [0.25, 0.3) is 54.7 Å². The molecule has 0 bridgehead atoms. The Balaban J connectivity index is 0.000000197. The minimum Gasteiger partial charge on any atom is -0.486 e. The van der Waals surface area contributed by atoms with Crippen molar-refractivity contribution in [3.8, 4) is 22.5 Å². The molecule has 7 aromatic rings. The Labute approximate surface area is 273 Å². The van der Waals surface area contributed by atoms with E-state index in [9.17, 15) is 0 Å². The largest absolute Gasteiger partial charge is 0.486 e. The van der Waals surface area contributed by atoms with Crippen LogP contribution < -0.4 is 0 Å². The van der Waals surface area contributed by atoms with Crippen molar-refractivity contribution in [1.82, 2.24) is 15.0 Å². The van der Waals surface area contributed by atoms with Crippen molar-refractivity contribution in [2.75, 3.05) is 0 Å². The fraction of sp³-hybridized carbons (Fsp3) is 0.216. The smallest absolute Gasteiger partial charge is 0.216 e. The van der Waals surface area contributed by atoms with Gasteiger partial charge in [-0.25, -0.2) is 4.98 Å². The topological polar surface area (TPSA) is 51.8 Å². The Morgan fingerprint density at radius 2 is 1.72 bits per heavy atom. The van der Waals surface area contributed by atoms with Gasteiger partial charge in [0.1, 0.15) is 0 Å². The zero-order valence-corrected chi connectivity index (χ0v) is 27.4. The molecule has 1 aliphatic rings. The summed E-state index contributed by atoms with van der Waals surface area (Å²) in [5.74, 6) is 0. The molecule has 0 saturated heterocycles. The number of hydrogen-bond acceptors (Lipinski definition) is 5. The number of pyridine rings is 3. The fourth-order valence-electron chi connectivity index (χ4n) is 5.54. The molecule has 0 atom stereocenters. The van der Waals surface area contributed by atoms with Gasteiger partial charge in [-0.1, -0.05) is 35.6 Å². The Kier molecular flexibility index (Phi) is 7.26. The molecule has 0 amide bonds. The molecule has 2 aromatic carbocycles. The number of benzene rings is 2. The van der Waals surface area contributed by atoms with E-state index in [0.717, 1.165) is 46.1 Å². The Morgan fingerprint density at radius 3 is 2.53 bits per heavy atom. The second-order valence-electron chi connectivity index (χ2n) is 11.0. The molecule has 0 spiro atoms. The van der Waals surface area contributed by atoms with Crippen LogP contribution in [0, 0.1) is 39.8 Å². The van der Waals surface area contributed by atoms with E-state index in [1.54, 1.807) is 12.1 Å². The minimum absolute atomic E-state index is 0. The van der Waals surface area contributed by atoms with Crippen LogP contribution >= 0.6 is 11.3 Å². The molecule has 0 N–H and O–H groups in total. The first-order chi connectivity index (χ1) is 21.7. The Hall–Kier alpha value is -3.70. The van der Waals surface area contributed by atoms with Crippen LogP contribution in [0.1, 0.15) is 49.8 Å².